The number of hydrogen-bond acceptors (Lipinski definition) is 5. The number of aromatic nitrogens is 3. The normalized spacial score (nSPS) is 15.9. The van der Waals surface area contributed by atoms with E-state index in [0.29, 0.717) is 16.8 Å². The smallest absolute Gasteiger partial charge is 0.255 e. The quantitative estimate of drug-likeness (QED) is 0.691. The molecule has 0 amide bonds. The minimum Gasteiger partial charge on any atom is -0.483 e. The molecule has 116 valence electrons. The van der Waals surface area contributed by atoms with Gasteiger partial charge in [0.2, 0.25) is 0 Å². The molecule has 2 aromatic heterocycles. The van der Waals surface area contributed by atoms with Crippen LogP contribution in [-0.2, 0) is 0 Å². The third kappa shape index (κ3) is 2.23. The van der Waals surface area contributed by atoms with Crippen LogP contribution in [0.5, 0.6) is 5.75 Å². The number of benzene rings is 1. The van der Waals surface area contributed by atoms with Gasteiger partial charge in [-0.1, -0.05) is 6.07 Å². The summed E-state index contributed by atoms with van der Waals surface area (Å²) < 4.78 is 12.4. The van der Waals surface area contributed by atoms with Gasteiger partial charge in [0.1, 0.15) is 22.4 Å². The van der Waals surface area contributed by atoms with Crippen LogP contribution in [0.15, 0.2) is 46.0 Å². The second kappa shape index (κ2) is 4.55. The van der Waals surface area contributed by atoms with Crippen LogP contribution < -0.4 is 10.3 Å². The van der Waals surface area contributed by atoms with Crippen LogP contribution in [0, 0.1) is 6.92 Å². The third-order valence-electron chi connectivity index (χ3n) is 3.81. The summed E-state index contributed by atoms with van der Waals surface area (Å²) in [7, 11) is 0. The number of pyridine rings is 1. The average molecular weight is 309 g/mol. The highest BCUT2D eigenvalue weighted by Gasteiger charge is 2.29. The monoisotopic (exact) mass is 309 g/mol. The molecule has 3 aromatic rings. The molecule has 0 atom stereocenters. The number of hydrogen-bond donors (Lipinski definition) is 0. The molecule has 0 saturated heterocycles. The number of aryl methyl sites for hydroxylation is 1. The van der Waals surface area contributed by atoms with E-state index >= 15 is 0 Å². The van der Waals surface area contributed by atoms with Gasteiger partial charge in [-0.3, -0.25) is 9.36 Å². The molecular formula is C17H15N3O3. The predicted octanol–water partition coefficient (Wildman–Crippen LogP) is 2.75. The summed E-state index contributed by atoms with van der Waals surface area (Å²) in [6, 6.07) is 6.98. The second-order valence-corrected chi connectivity index (χ2v) is 6.25. The van der Waals surface area contributed by atoms with Crippen LogP contribution in [0.25, 0.3) is 16.7 Å². The Morgan fingerprint density at radius 3 is 2.65 bits per heavy atom. The summed E-state index contributed by atoms with van der Waals surface area (Å²) in [5.41, 5.74) is 3.17. The first-order valence-electron chi connectivity index (χ1n) is 7.31. The Bertz CT molecular complexity index is 1010. The Hall–Kier alpha value is -2.89. The number of ether oxygens (including phenoxy) is 1. The molecule has 23 heavy (non-hydrogen) atoms. The lowest BCUT2D eigenvalue weighted by Gasteiger charge is -2.31. The van der Waals surface area contributed by atoms with Crippen molar-refractivity contribution in [3.05, 3.63) is 58.0 Å². The van der Waals surface area contributed by atoms with Crippen molar-refractivity contribution in [3.8, 4) is 5.75 Å². The molecule has 0 unspecified atom stereocenters. The molecule has 1 aliphatic rings. The topological polar surface area (TPSA) is 70.2 Å². The molecule has 6 nitrogen and oxygen atoms in total. The molecule has 6 heteroatoms. The molecule has 0 radical (unpaired) electrons. The summed E-state index contributed by atoms with van der Waals surface area (Å²) in [6.45, 7) is 5.84. The van der Waals surface area contributed by atoms with Gasteiger partial charge in [-0.25, -0.2) is 4.63 Å². The maximum absolute atomic E-state index is 12.3. The van der Waals surface area contributed by atoms with E-state index in [9.17, 15) is 4.79 Å². The number of rotatable bonds is 1. The summed E-state index contributed by atoms with van der Waals surface area (Å²) >= 11 is 0. The molecule has 0 fully saturated rings. The fourth-order valence-electron chi connectivity index (χ4n) is 2.80. The fourth-order valence-corrected chi connectivity index (χ4v) is 2.80. The van der Waals surface area contributed by atoms with Gasteiger partial charge in [-0.05, 0) is 48.8 Å². The second-order valence-electron chi connectivity index (χ2n) is 6.25. The highest BCUT2D eigenvalue weighted by Crippen LogP contribution is 2.38. The maximum atomic E-state index is 12.3. The molecule has 0 aliphatic carbocycles. The van der Waals surface area contributed by atoms with Gasteiger partial charge in [0, 0.05) is 23.9 Å². The van der Waals surface area contributed by atoms with Crippen molar-refractivity contribution in [2.75, 3.05) is 0 Å². The van der Waals surface area contributed by atoms with E-state index in [1.807, 2.05) is 39.1 Å². The summed E-state index contributed by atoms with van der Waals surface area (Å²) in [5, 5.41) is 7.72. The van der Waals surface area contributed by atoms with Crippen molar-refractivity contribution in [3.63, 3.8) is 0 Å². The fraction of sp³-hybridized carbons (Fsp3) is 0.235. The molecular weight excluding hydrogens is 294 g/mol. The van der Waals surface area contributed by atoms with Gasteiger partial charge >= 0.3 is 0 Å². The molecule has 1 aliphatic heterocycles. The van der Waals surface area contributed by atoms with Crippen LogP contribution >= 0.6 is 0 Å². The summed E-state index contributed by atoms with van der Waals surface area (Å²) in [5.74, 6) is 0.657. The van der Waals surface area contributed by atoms with Gasteiger partial charge in [0.15, 0.2) is 0 Å². The highest BCUT2D eigenvalue weighted by molar-refractivity contribution is 5.84. The van der Waals surface area contributed by atoms with Gasteiger partial charge < -0.3 is 4.74 Å². The van der Waals surface area contributed by atoms with E-state index in [-0.39, 0.29) is 5.56 Å². The van der Waals surface area contributed by atoms with Crippen LogP contribution in [0.1, 0.15) is 25.0 Å². The molecule has 0 bridgehead atoms. The Balaban J connectivity index is 2.03. The predicted molar refractivity (Wildman–Crippen MR) is 85.3 cm³/mol. The SMILES string of the molecule is Cc1ccc(=O)n(C2=CC(C)(C)Oc3cc4nonc4cc32)c1. The lowest BCUT2D eigenvalue weighted by Crippen LogP contribution is -2.32. The Kier molecular flexibility index (Phi) is 2.72. The van der Waals surface area contributed by atoms with Gasteiger partial charge in [0.05, 0.1) is 5.70 Å². The molecule has 0 N–H and O–H groups in total. The van der Waals surface area contributed by atoms with Crippen molar-refractivity contribution in [1.29, 1.82) is 0 Å². The van der Waals surface area contributed by atoms with Crippen molar-refractivity contribution in [2.24, 2.45) is 0 Å². The lowest BCUT2D eigenvalue weighted by molar-refractivity contribution is 0.157. The van der Waals surface area contributed by atoms with Gasteiger partial charge in [-0.15, -0.1) is 0 Å². The molecule has 0 spiro atoms. The van der Waals surface area contributed by atoms with E-state index in [4.69, 9.17) is 9.37 Å². The number of nitrogens with zero attached hydrogens (tertiary/aromatic N) is 3. The zero-order valence-corrected chi connectivity index (χ0v) is 13.0. The zero-order valence-electron chi connectivity index (χ0n) is 13.0. The van der Waals surface area contributed by atoms with E-state index < -0.39 is 5.60 Å². The van der Waals surface area contributed by atoms with Crippen molar-refractivity contribution in [2.45, 2.75) is 26.4 Å². The van der Waals surface area contributed by atoms with E-state index in [1.54, 1.807) is 22.8 Å². The molecule has 4 rings (SSSR count). The molecule has 0 saturated carbocycles. The van der Waals surface area contributed by atoms with E-state index in [1.165, 1.54) is 0 Å². The lowest BCUT2D eigenvalue weighted by atomic mass is 9.98. The van der Waals surface area contributed by atoms with Crippen LogP contribution in [-0.4, -0.2) is 20.5 Å². The Labute approximate surface area is 132 Å². The van der Waals surface area contributed by atoms with Crippen molar-refractivity contribution < 1.29 is 9.37 Å². The third-order valence-corrected chi connectivity index (χ3v) is 3.81. The Morgan fingerprint density at radius 2 is 1.87 bits per heavy atom. The summed E-state index contributed by atoms with van der Waals surface area (Å²) in [4.78, 5) is 12.3. The van der Waals surface area contributed by atoms with E-state index in [2.05, 4.69) is 10.3 Å². The first-order valence-corrected chi connectivity index (χ1v) is 7.31. The minimum atomic E-state index is -0.545. The first kappa shape index (κ1) is 13.8. The van der Waals surface area contributed by atoms with Crippen LogP contribution in [0.4, 0.5) is 0 Å². The number of fused-ring (bicyclic) bond motifs is 2. The van der Waals surface area contributed by atoms with Crippen LogP contribution in [0.2, 0.25) is 0 Å². The minimum absolute atomic E-state index is 0.0936. The standard InChI is InChI=1S/C17H15N3O3/c1-10-4-5-16(21)20(9-10)14-8-17(2,3)22-15-7-13-12(6-11(14)15)18-23-19-13/h4-9H,1-3H3. The van der Waals surface area contributed by atoms with Gasteiger partial charge in [0.25, 0.3) is 5.56 Å². The van der Waals surface area contributed by atoms with Crippen molar-refractivity contribution >= 4 is 16.7 Å². The largest absolute Gasteiger partial charge is 0.483 e. The van der Waals surface area contributed by atoms with Gasteiger partial charge in [-0.2, -0.15) is 0 Å². The van der Waals surface area contributed by atoms with Crippen LogP contribution in [0.3, 0.4) is 0 Å². The van der Waals surface area contributed by atoms with Crippen molar-refractivity contribution in [1.82, 2.24) is 14.9 Å². The first-order chi connectivity index (χ1) is 10.9. The maximum Gasteiger partial charge on any atom is 0.255 e. The summed E-state index contributed by atoms with van der Waals surface area (Å²) in [6.07, 6.45) is 3.76. The van der Waals surface area contributed by atoms with E-state index in [0.717, 1.165) is 16.8 Å². The average Bonchev–Trinajstić information content (AvgIpc) is 2.93. The Morgan fingerprint density at radius 1 is 1.13 bits per heavy atom. The highest BCUT2D eigenvalue weighted by atomic mass is 16.6. The molecule has 1 aromatic carbocycles. The zero-order chi connectivity index (χ0) is 16.2. The molecule has 3 heterocycles.